The highest BCUT2D eigenvalue weighted by Crippen LogP contribution is 2.28. The molecule has 0 saturated heterocycles. The van der Waals surface area contributed by atoms with Gasteiger partial charge in [0.2, 0.25) is 0 Å². The minimum absolute atomic E-state index is 0.306. The summed E-state index contributed by atoms with van der Waals surface area (Å²) in [7, 11) is 0. The summed E-state index contributed by atoms with van der Waals surface area (Å²) in [5.74, 6) is -1.16. The number of rotatable bonds is 1. The first kappa shape index (κ1) is 12.6. The molecule has 1 N–H and O–H groups in total. The topological polar surface area (TPSA) is 59.4 Å². The molecule has 0 spiro atoms. The van der Waals surface area contributed by atoms with Crippen LogP contribution in [0.25, 0.3) is 5.69 Å². The first-order valence-corrected chi connectivity index (χ1v) is 5.23. The minimum Gasteiger partial charge on any atom is -0.283 e. The Morgan fingerprint density at radius 2 is 1.89 bits per heavy atom. The van der Waals surface area contributed by atoms with Crippen LogP contribution in [0, 0.1) is 0 Å². The number of halogens is 3. The normalized spacial score (nSPS) is 13.0. The highest BCUT2D eigenvalue weighted by Gasteiger charge is 2.36. The van der Waals surface area contributed by atoms with Crippen molar-refractivity contribution >= 4 is 0 Å². The zero-order chi connectivity index (χ0) is 13.6. The Labute approximate surface area is 101 Å². The van der Waals surface area contributed by atoms with Gasteiger partial charge in [-0.1, -0.05) is 20.8 Å². The van der Waals surface area contributed by atoms with Crippen molar-refractivity contribution < 1.29 is 13.2 Å². The van der Waals surface area contributed by atoms with Crippen LogP contribution in [-0.4, -0.2) is 25.0 Å². The van der Waals surface area contributed by atoms with Crippen LogP contribution in [-0.2, 0) is 11.6 Å². The van der Waals surface area contributed by atoms with Crippen LogP contribution in [0.15, 0.2) is 12.5 Å². The monoisotopic (exact) mass is 259 g/mol. The first-order chi connectivity index (χ1) is 8.19. The van der Waals surface area contributed by atoms with Crippen molar-refractivity contribution in [3.63, 3.8) is 0 Å². The summed E-state index contributed by atoms with van der Waals surface area (Å²) >= 11 is 0. The maximum absolute atomic E-state index is 12.4. The quantitative estimate of drug-likeness (QED) is 0.854. The maximum atomic E-state index is 12.4. The van der Waals surface area contributed by atoms with E-state index in [0.717, 1.165) is 11.0 Å². The Bertz CT molecular complexity index is 546. The standard InChI is InChI=1S/C10H12F3N5/c1-9(2,3)7-6(4-15-16-7)18-5-14-8(17-18)10(11,12)13/h4-5H,1-3H3,(H,15,16). The molecule has 0 unspecified atom stereocenters. The fourth-order valence-corrected chi connectivity index (χ4v) is 1.52. The average Bonchev–Trinajstić information content (AvgIpc) is 2.84. The molecule has 2 heterocycles. The Morgan fingerprint density at radius 1 is 1.22 bits per heavy atom. The number of H-pyrrole nitrogens is 1. The van der Waals surface area contributed by atoms with Gasteiger partial charge in [-0.3, -0.25) is 5.10 Å². The molecule has 0 aromatic carbocycles. The number of aromatic amines is 1. The zero-order valence-electron chi connectivity index (χ0n) is 10.1. The molecule has 2 aromatic heterocycles. The molecule has 0 amide bonds. The van der Waals surface area contributed by atoms with Gasteiger partial charge in [-0.2, -0.15) is 18.3 Å². The third kappa shape index (κ3) is 2.22. The van der Waals surface area contributed by atoms with Crippen LogP contribution in [0.4, 0.5) is 13.2 Å². The van der Waals surface area contributed by atoms with Crippen LogP contribution in [0.3, 0.4) is 0 Å². The molecular formula is C10H12F3N5. The van der Waals surface area contributed by atoms with Crippen LogP contribution in [0.5, 0.6) is 0 Å². The first-order valence-electron chi connectivity index (χ1n) is 5.23. The molecule has 18 heavy (non-hydrogen) atoms. The number of aromatic nitrogens is 5. The van der Waals surface area contributed by atoms with E-state index < -0.39 is 12.0 Å². The summed E-state index contributed by atoms with van der Waals surface area (Å²) < 4.78 is 38.3. The molecule has 5 nitrogen and oxygen atoms in total. The average molecular weight is 259 g/mol. The molecule has 0 fully saturated rings. The molecule has 0 radical (unpaired) electrons. The Hall–Kier alpha value is -1.86. The summed E-state index contributed by atoms with van der Waals surface area (Å²) in [6.45, 7) is 5.73. The van der Waals surface area contributed by atoms with E-state index >= 15 is 0 Å². The lowest BCUT2D eigenvalue weighted by atomic mass is 9.91. The molecule has 0 bridgehead atoms. The Morgan fingerprint density at radius 3 is 2.39 bits per heavy atom. The smallest absolute Gasteiger partial charge is 0.283 e. The van der Waals surface area contributed by atoms with E-state index in [-0.39, 0.29) is 5.41 Å². The number of hydrogen-bond acceptors (Lipinski definition) is 3. The molecular weight excluding hydrogens is 247 g/mol. The van der Waals surface area contributed by atoms with Gasteiger partial charge in [0, 0.05) is 11.6 Å². The van der Waals surface area contributed by atoms with Crippen LogP contribution in [0.1, 0.15) is 32.3 Å². The minimum atomic E-state index is -4.54. The summed E-state index contributed by atoms with van der Waals surface area (Å²) in [4.78, 5) is 3.25. The van der Waals surface area contributed by atoms with Gasteiger partial charge in [0.05, 0.1) is 5.69 Å². The van der Waals surface area contributed by atoms with Crippen LogP contribution < -0.4 is 0 Å². The van der Waals surface area contributed by atoms with Gasteiger partial charge >= 0.3 is 6.18 Å². The molecule has 2 aromatic rings. The predicted octanol–water partition coefficient (Wildman–Crippen LogP) is 2.31. The third-order valence-electron chi connectivity index (χ3n) is 2.32. The summed E-state index contributed by atoms with van der Waals surface area (Å²) in [5, 5.41) is 10.1. The second-order valence-corrected chi connectivity index (χ2v) is 4.88. The summed E-state index contributed by atoms with van der Waals surface area (Å²) in [5.41, 5.74) is 0.784. The number of alkyl halides is 3. The second-order valence-electron chi connectivity index (χ2n) is 4.88. The van der Waals surface area contributed by atoms with Crippen molar-refractivity contribution in [2.75, 3.05) is 0 Å². The lowest BCUT2D eigenvalue weighted by Crippen LogP contribution is -2.15. The van der Waals surface area contributed by atoms with E-state index in [1.54, 1.807) is 0 Å². The second kappa shape index (κ2) is 3.82. The van der Waals surface area contributed by atoms with E-state index in [1.807, 2.05) is 20.8 Å². The van der Waals surface area contributed by atoms with Crippen molar-refractivity contribution in [1.29, 1.82) is 0 Å². The van der Waals surface area contributed by atoms with E-state index in [2.05, 4.69) is 20.3 Å². The van der Waals surface area contributed by atoms with Gasteiger partial charge in [0.15, 0.2) is 0 Å². The van der Waals surface area contributed by atoms with Crippen LogP contribution >= 0.6 is 0 Å². The fourth-order valence-electron chi connectivity index (χ4n) is 1.52. The van der Waals surface area contributed by atoms with Crippen LogP contribution in [0.2, 0.25) is 0 Å². The van der Waals surface area contributed by atoms with Crippen molar-refractivity contribution in [2.24, 2.45) is 0 Å². The van der Waals surface area contributed by atoms with Gasteiger partial charge in [0.1, 0.15) is 12.0 Å². The molecule has 0 saturated carbocycles. The van der Waals surface area contributed by atoms with Gasteiger partial charge in [-0.25, -0.2) is 9.67 Å². The lowest BCUT2D eigenvalue weighted by molar-refractivity contribution is -0.144. The zero-order valence-corrected chi connectivity index (χ0v) is 10.1. The van der Waals surface area contributed by atoms with Crippen molar-refractivity contribution in [3.8, 4) is 5.69 Å². The van der Waals surface area contributed by atoms with E-state index in [0.29, 0.717) is 11.4 Å². The molecule has 2 rings (SSSR count). The van der Waals surface area contributed by atoms with E-state index in [4.69, 9.17) is 0 Å². The SMILES string of the molecule is CC(C)(C)c1n[nH]cc1-n1cnc(C(F)(F)F)n1. The van der Waals surface area contributed by atoms with Crippen molar-refractivity contribution in [3.05, 3.63) is 24.0 Å². The molecule has 0 atom stereocenters. The molecule has 98 valence electrons. The van der Waals surface area contributed by atoms with E-state index in [9.17, 15) is 13.2 Å². The van der Waals surface area contributed by atoms with Crippen molar-refractivity contribution in [2.45, 2.75) is 32.4 Å². The highest BCUT2D eigenvalue weighted by atomic mass is 19.4. The predicted molar refractivity (Wildman–Crippen MR) is 57.2 cm³/mol. The number of nitrogens with zero attached hydrogens (tertiary/aromatic N) is 4. The van der Waals surface area contributed by atoms with E-state index in [1.165, 1.54) is 6.20 Å². The Balaban J connectivity index is 2.45. The van der Waals surface area contributed by atoms with Gasteiger partial charge < -0.3 is 0 Å². The third-order valence-corrected chi connectivity index (χ3v) is 2.32. The number of hydrogen-bond donors (Lipinski definition) is 1. The maximum Gasteiger partial charge on any atom is 0.453 e. The Kier molecular flexibility index (Phi) is 2.67. The largest absolute Gasteiger partial charge is 0.453 e. The van der Waals surface area contributed by atoms with Gasteiger partial charge in [-0.15, -0.1) is 5.10 Å². The van der Waals surface area contributed by atoms with Gasteiger partial charge in [-0.05, 0) is 0 Å². The fraction of sp³-hybridized carbons (Fsp3) is 0.500. The molecule has 0 aliphatic heterocycles. The lowest BCUT2D eigenvalue weighted by Gasteiger charge is -2.16. The number of nitrogens with one attached hydrogen (secondary N) is 1. The highest BCUT2D eigenvalue weighted by molar-refractivity contribution is 5.37. The molecule has 0 aliphatic carbocycles. The molecule has 0 aliphatic rings. The van der Waals surface area contributed by atoms with Crippen molar-refractivity contribution in [1.82, 2.24) is 25.0 Å². The van der Waals surface area contributed by atoms with Gasteiger partial charge in [0.25, 0.3) is 5.82 Å². The molecule has 8 heteroatoms. The summed E-state index contributed by atoms with van der Waals surface area (Å²) in [6, 6.07) is 0. The summed E-state index contributed by atoms with van der Waals surface area (Å²) in [6.07, 6.45) is -2.02.